The second-order valence-corrected chi connectivity index (χ2v) is 6.38. The molecule has 0 fully saturated rings. The maximum absolute atomic E-state index is 11.6. The van der Waals surface area contributed by atoms with Crippen molar-refractivity contribution in [2.45, 2.75) is 6.54 Å². The first-order valence-corrected chi connectivity index (χ1v) is 9.10. The molecule has 0 aliphatic heterocycles. The Labute approximate surface area is 171 Å². The van der Waals surface area contributed by atoms with E-state index in [4.69, 9.17) is 9.47 Å². The molecule has 0 bridgehead atoms. The zero-order valence-electron chi connectivity index (χ0n) is 16.4. The fraction of sp³-hybridized carbons (Fsp3) is 0.143. The standard InChI is InChI=1S/C21H19N5O4/c1-29-16-9-8-13(10-17(16)30-2)11-22-21-23-12-15(20(27)28)19-24-18(25-26(19)21)14-6-4-3-5-7-14/h3-10,12H,11H2,1-2H3,(H,22,23)(H,27,28). The van der Waals surface area contributed by atoms with E-state index >= 15 is 0 Å². The molecule has 30 heavy (non-hydrogen) atoms. The van der Waals surface area contributed by atoms with E-state index in [0.717, 1.165) is 11.1 Å². The number of carbonyl (C=O) groups is 1. The lowest BCUT2D eigenvalue weighted by Crippen LogP contribution is -2.11. The summed E-state index contributed by atoms with van der Waals surface area (Å²) in [5, 5.41) is 17.2. The number of hydrogen-bond acceptors (Lipinski definition) is 7. The van der Waals surface area contributed by atoms with Crippen LogP contribution in [0.5, 0.6) is 11.5 Å². The highest BCUT2D eigenvalue weighted by molar-refractivity contribution is 5.94. The van der Waals surface area contributed by atoms with Gasteiger partial charge in [-0.15, -0.1) is 5.10 Å². The lowest BCUT2D eigenvalue weighted by atomic mass is 10.2. The molecule has 2 aromatic heterocycles. The van der Waals surface area contributed by atoms with Crippen molar-refractivity contribution in [2.24, 2.45) is 0 Å². The van der Waals surface area contributed by atoms with Crippen molar-refractivity contribution in [2.75, 3.05) is 19.5 Å². The van der Waals surface area contributed by atoms with E-state index in [2.05, 4.69) is 20.4 Å². The molecule has 0 saturated heterocycles. The number of aromatic carboxylic acids is 1. The van der Waals surface area contributed by atoms with Crippen molar-refractivity contribution < 1.29 is 19.4 Å². The molecule has 152 valence electrons. The molecule has 0 aliphatic rings. The summed E-state index contributed by atoms with van der Waals surface area (Å²) in [4.78, 5) is 20.3. The van der Waals surface area contributed by atoms with Crippen LogP contribution in [0, 0.1) is 0 Å². The van der Waals surface area contributed by atoms with E-state index in [1.54, 1.807) is 14.2 Å². The van der Waals surface area contributed by atoms with E-state index in [9.17, 15) is 9.90 Å². The van der Waals surface area contributed by atoms with Crippen LogP contribution in [-0.4, -0.2) is 44.9 Å². The number of rotatable bonds is 7. The van der Waals surface area contributed by atoms with Gasteiger partial charge in [0.2, 0.25) is 5.95 Å². The minimum Gasteiger partial charge on any atom is -0.493 e. The molecule has 0 aliphatic carbocycles. The fourth-order valence-electron chi connectivity index (χ4n) is 3.02. The Morgan fingerprint density at radius 2 is 1.87 bits per heavy atom. The summed E-state index contributed by atoms with van der Waals surface area (Å²) >= 11 is 0. The van der Waals surface area contributed by atoms with E-state index in [1.807, 2.05) is 48.5 Å². The number of fused-ring (bicyclic) bond motifs is 1. The van der Waals surface area contributed by atoms with Gasteiger partial charge >= 0.3 is 5.97 Å². The highest BCUT2D eigenvalue weighted by Crippen LogP contribution is 2.28. The number of benzene rings is 2. The summed E-state index contributed by atoms with van der Waals surface area (Å²) in [5.74, 6) is 0.922. The van der Waals surface area contributed by atoms with E-state index < -0.39 is 5.97 Å². The molecule has 0 amide bonds. The van der Waals surface area contributed by atoms with Gasteiger partial charge in [0, 0.05) is 18.3 Å². The van der Waals surface area contributed by atoms with Crippen molar-refractivity contribution in [3.05, 3.63) is 65.9 Å². The van der Waals surface area contributed by atoms with Gasteiger partial charge < -0.3 is 19.9 Å². The second-order valence-electron chi connectivity index (χ2n) is 6.38. The van der Waals surface area contributed by atoms with E-state index in [0.29, 0.717) is 29.8 Å². The summed E-state index contributed by atoms with van der Waals surface area (Å²) in [6.45, 7) is 0.412. The third kappa shape index (κ3) is 3.60. The van der Waals surface area contributed by atoms with Crippen molar-refractivity contribution in [3.63, 3.8) is 0 Å². The number of nitrogens with zero attached hydrogens (tertiary/aromatic N) is 4. The summed E-state index contributed by atoms with van der Waals surface area (Å²) < 4.78 is 12.0. The average molecular weight is 405 g/mol. The van der Waals surface area contributed by atoms with Crippen LogP contribution in [0.3, 0.4) is 0 Å². The third-order valence-electron chi connectivity index (χ3n) is 4.53. The predicted octanol–water partition coefficient (Wildman–Crippen LogP) is 3.12. The average Bonchev–Trinajstić information content (AvgIpc) is 3.23. The maximum Gasteiger partial charge on any atom is 0.341 e. The van der Waals surface area contributed by atoms with Gasteiger partial charge in [-0.2, -0.15) is 4.52 Å². The van der Waals surface area contributed by atoms with Crippen LogP contribution in [0.1, 0.15) is 15.9 Å². The number of nitrogens with one attached hydrogen (secondary N) is 1. The smallest absolute Gasteiger partial charge is 0.341 e. The van der Waals surface area contributed by atoms with Crippen molar-refractivity contribution in [1.82, 2.24) is 19.6 Å². The number of hydrogen-bond donors (Lipinski definition) is 2. The molecule has 2 aromatic carbocycles. The minimum atomic E-state index is -1.12. The maximum atomic E-state index is 11.6. The molecular formula is C21H19N5O4. The van der Waals surface area contributed by atoms with Gasteiger partial charge in [0.05, 0.1) is 14.2 Å². The first-order chi connectivity index (χ1) is 14.6. The minimum absolute atomic E-state index is 0.0265. The van der Waals surface area contributed by atoms with Crippen LogP contribution < -0.4 is 14.8 Å². The molecule has 0 radical (unpaired) electrons. The molecule has 0 atom stereocenters. The van der Waals surface area contributed by atoms with Crippen molar-refractivity contribution in [1.29, 1.82) is 0 Å². The zero-order chi connectivity index (χ0) is 21.1. The van der Waals surface area contributed by atoms with Crippen LogP contribution >= 0.6 is 0 Å². The Morgan fingerprint density at radius 1 is 1.10 bits per heavy atom. The summed E-state index contributed by atoms with van der Waals surface area (Å²) in [6.07, 6.45) is 1.28. The highest BCUT2D eigenvalue weighted by atomic mass is 16.5. The van der Waals surface area contributed by atoms with Crippen LogP contribution in [0.4, 0.5) is 5.95 Å². The Hall–Kier alpha value is -4.14. The molecule has 0 unspecified atom stereocenters. The van der Waals surface area contributed by atoms with Gasteiger partial charge in [-0.1, -0.05) is 36.4 Å². The molecule has 4 aromatic rings. The molecular weight excluding hydrogens is 386 g/mol. The zero-order valence-corrected chi connectivity index (χ0v) is 16.4. The van der Waals surface area contributed by atoms with Gasteiger partial charge in [0.25, 0.3) is 0 Å². The van der Waals surface area contributed by atoms with Gasteiger partial charge in [0.1, 0.15) is 5.56 Å². The Morgan fingerprint density at radius 3 is 2.57 bits per heavy atom. The third-order valence-corrected chi connectivity index (χ3v) is 4.53. The van der Waals surface area contributed by atoms with Crippen LogP contribution in [0.15, 0.2) is 54.7 Å². The molecule has 2 heterocycles. The molecule has 0 saturated carbocycles. The fourth-order valence-corrected chi connectivity index (χ4v) is 3.02. The summed E-state index contributed by atoms with van der Waals surface area (Å²) in [5.41, 5.74) is 1.89. The quantitative estimate of drug-likeness (QED) is 0.482. The Balaban J connectivity index is 1.70. The normalized spacial score (nSPS) is 10.7. The predicted molar refractivity (Wildman–Crippen MR) is 110 cm³/mol. The number of carboxylic acids is 1. The SMILES string of the molecule is COc1ccc(CNc2ncc(C(=O)O)c3nc(-c4ccccc4)nn23)cc1OC. The number of aromatic nitrogens is 4. The Bertz CT molecular complexity index is 1210. The van der Waals surface area contributed by atoms with Gasteiger partial charge in [-0.05, 0) is 17.7 Å². The molecule has 9 heteroatoms. The van der Waals surface area contributed by atoms with E-state index in [1.165, 1.54) is 10.7 Å². The second kappa shape index (κ2) is 8.08. The topological polar surface area (TPSA) is 111 Å². The van der Waals surface area contributed by atoms with Crippen LogP contribution in [0.2, 0.25) is 0 Å². The van der Waals surface area contributed by atoms with Gasteiger partial charge in [-0.25, -0.2) is 14.8 Å². The number of anilines is 1. The monoisotopic (exact) mass is 405 g/mol. The number of ether oxygens (including phenoxy) is 2. The van der Waals surface area contributed by atoms with Gasteiger partial charge in [0.15, 0.2) is 23.0 Å². The van der Waals surface area contributed by atoms with Crippen molar-refractivity contribution in [3.8, 4) is 22.9 Å². The number of carboxylic acid groups (broad SMARTS) is 1. The molecule has 2 N–H and O–H groups in total. The van der Waals surface area contributed by atoms with E-state index in [-0.39, 0.29) is 11.2 Å². The Kier molecular flexibility index (Phi) is 5.17. The first-order valence-electron chi connectivity index (χ1n) is 9.10. The molecule has 9 nitrogen and oxygen atoms in total. The van der Waals surface area contributed by atoms with Crippen LogP contribution in [0.25, 0.3) is 17.0 Å². The summed E-state index contributed by atoms with van der Waals surface area (Å²) in [6, 6.07) is 14.9. The highest BCUT2D eigenvalue weighted by Gasteiger charge is 2.18. The lowest BCUT2D eigenvalue weighted by Gasteiger charge is -2.11. The van der Waals surface area contributed by atoms with Gasteiger partial charge in [-0.3, -0.25) is 0 Å². The van der Waals surface area contributed by atoms with Crippen molar-refractivity contribution >= 4 is 17.6 Å². The lowest BCUT2D eigenvalue weighted by molar-refractivity contribution is 0.0698. The largest absolute Gasteiger partial charge is 0.493 e. The molecule has 4 rings (SSSR count). The molecule has 0 spiro atoms. The first kappa shape index (κ1) is 19.2. The van der Waals surface area contributed by atoms with Crippen LogP contribution in [-0.2, 0) is 6.54 Å². The summed E-state index contributed by atoms with van der Waals surface area (Å²) in [7, 11) is 3.15. The number of methoxy groups -OCH3 is 2.